The number of hydrogen-bond donors (Lipinski definition) is 2. The van der Waals surface area contributed by atoms with Gasteiger partial charge in [0.25, 0.3) is 0 Å². The molecular formula is C8H11NO2. The van der Waals surface area contributed by atoms with Crippen LogP contribution in [0.1, 0.15) is 5.56 Å². The fraction of sp³-hybridized carbons (Fsp3) is 0.250. The molecule has 0 fully saturated rings. The minimum atomic E-state index is 0.278. The zero-order valence-electron chi connectivity index (χ0n) is 6.37. The summed E-state index contributed by atoms with van der Waals surface area (Å²) in [5, 5.41) is 9.04. The largest absolute Gasteiger partial charge is 0.508 e. The number of hydroxylamine groups is 1. The van der Waals surface area contributed by atoms with Crippen molar-refractivity contribution in [2.45, 2.75) is 6.54 Å². The molecule has 0 radical (unpaired) electrons. The molecule has 0 aromatic heterocycles. The van der Waals surface area contributed by atoms with Gasteiger partial charge in [0, 0.05) is 6.54 Å². The Hall–Kier alpha value is -1.06. The average molecular weight is 153 g/mol. The topological polar surface area (TPSA) is 41.5 Å². The molecule has 3 nitrogen and oxygen atoms in total. The third-order valence-corrected chi connectivity index (χ3v) is 1.33. The maximum absolute atomic E-state index is 9.04. The van der Waals surface area contributed by atoms with Gasteiger partial charge in [0.05, 0.1) is 7.11 Å². The van der Waals surface area contributed by atoms with Crippen LogP contribution in [0, 0.1) is 0 Å². The molecule has 0 heterocycles. The minimum Gasteiger partial charge on any atom is -0.508 e. The smallest absolute Gasteiger partial charge is 0.115 e. The first-order valence-electron chi connectivity index (χ1n) is 3.36. The van der Waals surface area contributed by atoms with Gasteiger partial charge < -0.3 is 9.94 Å². The molecule has 60 valence electrons. The third kappa shape index (κ3) is 2.57. The zero-order chi connectivity index (χ0) is 8.10. The number of aromatic hydroxyl groups is 1. The molecule has 0 saturated carbocycles. The van der Waals surface area contributed by atoms with Crippen molar-refractivity contribution in [3.63, 3.8) is 0 Å². The monoisotopic (exact) mass is 153 g/mol. The van der Waals surface area contributed by atoms with Gasteiger partial charge in [-0.25, -0.2) is 0 Å². The predicted octanol–water partition coefficient (Wildman–Crippen LogP) is 1.04. The average Bonchev–Trinajstić information content (AvgIpc) is 2.01. The van der Waals surface area contributed by atoms with Crippen LogP contribution in [0.4, 0.5) is 0 Å². The summed E-state index contributed by atoms with van der Waals surface area (Å²) >= 11 is 0. The van der Waals surface area contributed by atoms with Gasteiger partial charge in [0.2, 0.25) is 0 Å². The van der Waals surface area contributed by atoms with Crippen molar-refractivity contribution in [1.82, 2.24) is 5.48 Å². The molecule has 0 aliphatic carbocycles. The van der Waals surface area contributed by atoms with E-state index in [1.807, 2.05) is 6.07 Å². The molecule has 1 aromatic carbocycles. The lowest BCUT2D eigenvalue weighted by molar-refractivity contribution is 0.0867. The van der Waals surface area contributed by atoms with Gasteiger partial charge in [0.1, 0.15) is 5.75 Å². The van der Waals surface area contributed by atoms with E-state index in [0.717, 1.165) is 5.56 Å². The summed E-state index contributed by atoms with van der Waals surface area (Å²) in [4.78, 5) is 4.65. The summed E-state index contributed by atoms with van der Waals surface area (Å²) in [5.41, 5.74) is 3.67. The van der Waals surface area contributed by atoms with Crippen LogP contribution in [0.5, 0.6) is 5.75 Å². The Morgan fingerprint density at radius 3 is 3.00 bits per heavy atom. The normalized spacial score (nSPS) is 9.91. The van der Waals surface area contributed by atoms with E-state index in [2.05, 4.69) is 10.3 Å². The molecular weight excluding hydrogens is 142 g/mol. The Kier molecular flexibility index (Phi) is 2.89. The Morgan fingerprint density at radius 1 is 1.55 bits per heavy atom. The van der Waals surface area contributed by atoms with Crippen molar-refractivity contribution in [2.24, 2.45) is 0 Å². The van der Waals surface area contributed by atoms with Crippen molar-refractivity contribution in [2.75, 3.05) is 7.11 Å². The molecule has 1 rings (SSSR count). The second-order valence-electron chi connectivity index (χ2n) is 2.20. The molecule has 0 bridgehead atoms. The maximum atomic E-state index is 9.04. The first-order valence-corrected chi connectivity index (χ1v) is 3.36. The fourth-order valence-corrected chi connectivity index (χ4v) is 0.822. The number of benzene rings is 1. The van der Waals surface area contributed by atoms with Gasteiger partial charge in [-0.1, -0.05) is 12.1 Å². The molecule has 0 aliphatic heterocycles. The van der Waals surface area contributed by atoms with E-state index in [-0.39, 0.29) is 5.75 Å². The summed E-state index contributed by atoms with van der Waals surface area (Å²) in [6, 6.07) is 7.02. The SMILES string of the molecule is CONCc1cccc(O)c1. The van der Waals surface area contributed by atoms with Gasteiger partial charge >= 0.3 is 0 Å². The maximum Gasteiger partial charge on any atom is 0.115 e. The minimum absolute atomic E-state index is 0.278. The van der Waals surface area contributed by atoms with Crippen LogP contribution in [-0.2, 0) is 11.4 Å². The van der Waals surface area contributed by atoms with Crippen molar-refractivity contribution < 1.29 is 9.94 Å². The quantitative estimate of drug-likeness (QED) is 0.637. The van der Waals surface area contributed by atoms with Gasteiger partial charge in [-0.3, -0.25) is 0 Å². The number of phenols is 1. The van der Waals surface area contributed by atoms with Crippen molar-refractivity contribution in [3.05, 3.63) is 29.8 Å². The van der Waals surface area contributed by atoms with E-state index in [4.69, 9.17) is 5.11 Å². The highest BCUT2D eigenvalue weighted by atomic mass is 16.6. The Labute approximate surface area is 65.6 Å². The highest BCUT2D eigenvalue weighted by molar-refractivity contribution is 5.26. The van der Waals surface area contributed by atoms with E-state index in [1.165, 1.54) is 0 Å². The lowest BCUT2D eigenvalue weighted by Gasteiger charge is -2.01. The first kappa shape index (κ1) is 8.04. The third-order valence-electron chi connectivity index (χ3n) is 1.33. The molecule has 3 heteroatoms. The summed E-state index contributed by atoms with van der Waals surface area (Å²) in [7, 11) is 1.56. The highest BCUT2D eigenvalue weighted by Crippen LogP contribution is 2.09. The number of rotatable bonds is 3. The first-order chi connectivity index (χ1) is 5.33. The number of hydrogen-bond acceptors (Lipinski definition) is 3. The van der Waals surface area contributed by atoms with Crippen LogP contribution in [0.25, 0.3) is 0 Å². The fourth-order valence-electron chi connectivity index (χ4n) is 0.822. The van der Waals surface area contributed by atoms with Crippen LogP contribution in [-0.4, -0.2) is 12.2 Å². The molecule has 0 aliphatic rings. The van der Waals surface area contributed by atoms with Crippen molar-refractivity contribution in [1.29, 1.82) is 0 Å². The molecule has 2 N–H and O–H groups in total. The lowest BCUT2D eigenvalue weighted by atomic mass is 10.2. The summed E-state index contributed by atoms with van der Waals surface area (Å²) < 4.78 is 0. The molecule has 0 spiro atoms. The van der Waals surface area contributed by atoms with Gasteiger partial charge in [0.15, 0.2) is 0 Å². The number of nitrogens with one attached hydrogen (secondary N) is 1. The molecule has 0 unspecified atom stereocenters. The Morgan fingerprint density at radius 2 is 2.36 bits per heavy atom. The molecule has 0 amide bonds. The van der Waals surface area contributed by atoms with E-state index in [1.54, 1.807) is 25.3 Å². The second-order valence-corrected chi connectivity index (χ2v) is 2.20. The lowest BCUT2D eigenvalue weighted by Crippen LogP contribution is -2.10. The molecule has 1 aromatic rings. The van der Waals surface area contributed by atoms with Gasteiger partial charge in [-0.15, -0.1) is 0 Å². The van der Waals surface area contributed by atoms with Crippen LogP contribution < -0.4 is 5.48 Å². The summed E-state index contributed by atoms with van der Waals surface area (Å²) in [6.45, 7) is 0.602. The van der Waals surface area contributed by atoms with E-state index >= 15 is 0 Å². The van der Waals surface area contributed by atoms with Crippen LogP contribution in [0.15, 0.2) is 24.3 Å². The van der Waals surface area contributed by atoms with Crippen LogP contribution in [0.3, 0.4) is 0 Å². The summed E-state index contributed by atoms with van der Waals surface area (Å²) in [5.74, 6) is 0.278. The van der Waals surface area contributed by atoms with Gasteiger partial charge in [-0.05, 0) is 17.7 Å². The molecule has 0 saturated heterocycles. The highest BCUT2D eigenvalue weighted by Gasteiger charge is 1.91. The Balaban J connectivity index is 2.56. The van der Waals surface area contributed by atoms with Crippen molar-refractivity contribution >= 4 is 0 Å². The molecule has 0 atom stereocenters. The number of phenolic OH excluding ortho intramolecular Hbond substituents is 1. The van der Waals surface area contributed by atoms with Gasteiger partial charge in [-0.2, -0.15) is 5.48 Å². The van der Waals surface area contributed by atoms with E-state index in [9.17, 15) is 0 Å². The summed E-state index contributed by atoms with van der Waals surface area (Å²) in [6.07, 6.45) is 0. The second kappa shape index (κ2) is 3.95. The van der Waals surface area contributed by atoms with Crippen LogP contribution in [0.2, 0.25) is 0 Å². The standard InChI is InChI=1S/C8H11NO2/c1-11-9-6-7-3-2-4-8(10)5-7/h2-5,9-10H,6H2,1H3. The Bertz CT molecular complexity index is 225. The molecule has 11 heavy (non-hydrogen) atoms. The zero-order valence-corrected chi connectivity index (χ0v) is 6.37. The van der Waals surface area contributed by atoms with E-state index in [0.29, 0.717) is 6.54 Å². The predicted molar refractivity (Wildman–Crippen MR) is 42.0 cm³/mol. The van der Waals surface area contributed by atoms with Crippen LogP contribution >= 0.6 is 0 Å². The van der Waals surface area contributed by atoms with Crippen molar-refractivity contribution in [3.8, 4) is 5.75 Å². The van der Waals surface area contributed by atoms with E-state index < -0.39 is 0 Å².